The molecule has 4 heteroatoms. The van der Waals surface area contributed by atoms with Crippen LogP contribution < -0.4 is 5.32 Å². The first kappa shape index (κ1) is 16.8. The molecule has 0 spiro atoms. The van der Waals surface area contributed by atoms with Crippen LogP contribution in [0.5, 0.6) is 0 Å². The van der Waals surface area contributed by atoms with Gasteiger partial charge in [-0.2, -0.15) is 0 Å². The Morgan fingerprint density at radius 3 is 2.36 bits per heavy atom. The summed E-state index contributed by atoms with van der Waals surface area (Å²) in [6.45, 7) is 9.90. The third-order valence-electron chi connectivity index (χ3n) is 4.08. The van der Waals surface area contributed by atoms with Crippen molar-refractivity contribution in [1.82, 2.24) is 10.2 Å². The Morgan fingerprint density at radius 2 is 1.82 bits per heavy atom. The average Bonchev–Trinajstić information content (AvgIpc) is 2.46. The monoisotopic (exact) mass is 304 g/mol. The molecule has 0 bridgehead atoms. The number of rotatable bonds is 3. The zero-order valence-corrected chi connectivity index (χ0v) is 14.1. The first-order valence-corrected chi connectivity index (χ1v) is 8.13. The summed E-state index contributed by atoms with van der Waals surface area (Å²) in [5, 5.41) is 2.99. The zero-order chi connectivity index (χ0) is 16.2. The SMILES string of the molecule is CC(c1ccccc1)N1CCC(NC(=O)OC(C)(C)C)CC1. The first-order valence-electron chi connectivity index (χ1n) is 8.13. The molecule has 1 aliphatic rings. The van der Waals surface area contributed by atoms with Crippen molar-refractivity contribution in [2.45, 2.75) is 58.2 Å². The van der Waals surface area contributed by atoms with Gasteiger partial charge in [0.25, 0.3) is 0 Å². The van der Waals surface area contributed by atoms with E-state index in [1.54, 1.807) is 0 Å². The summed E-state index contributed by atoms with van der Waals surface area (Å²) in [6, 6.07) is 11.2. The number of carbonyl (C=O) groups excluding carboxylic acids is 1. The molecule has 1 saturated heterocycles. The van der Waals surface area contributed by atoms with E-state index in [9.17, 15) is 4.79 Å². The van der Waals surface area contributed by atoms with Crippen LogP contribution in [0.4, 0.5) is 4.79 Å². The number of piperidine rings is 1. The van der Waals surface area contributed by atoms with E-state index >= 15 is 0 Å². The van der Waals surface area contributed by atoms with Crippen molar-refractivity contribution in [3.8, 4) is 0 Å². The molecule has 1 unspecified atom stereocenters. The lowest BCUT2D eigenvalue weighted by Crippen LogP contribution is -2.46. The second kappa shape index (κ2) is 7.14. The van der Waals surface area contributed by atoms with E-state index in [1.165, 1.54) is 5.56 Å². The standard InChI is InChI=1S/C18H28N2O2/c1-14(15-8-6-5-7-9-15)20-12-10-16(11-13-20)19-17(21)22-18(2,3)4/h5-9,14,16H,10-13H2,1-4H3,(H,19,21). The minimum atomic E-state index is -0.438. The molecule has 22 heavy (non-hydrogen) atoms. The summed E-state index contributed by atoms with van der Waals surface area (Å²) in [4.78, 5) is 14.3. The maximum absolute atomic E-state index is 11.8. The van der Waals surface area contributed by atoms with Gasteiger partial charge in [-0.25, -0.2) is 4.79 Å². The van der Waals surface area contributed by atoms with Crippen LogP contribution >= 0.6 is 0 Å². The van der Waals surface area contributed by atoms with Gasteiger partial charge in [0.2, 0.25) is 0 Å². The summed E-state index contributed by atoms with van der Waals surface area (Å²) in [6.07, 6.45) is 1.63. The number of hydrogen-bond acceptors (Lipinski definition) is 3. The van der Waals surface area contributed by atoms with Crippen molar-refractivity contribution in [2.75, 3.05) is 13.1 Å². The van der Waals surface area contributed by atoms with Gasteiger partial charge in [-0.3, -0.25) is 4.90 Å². The van der Waals surface area contributed by atoms with Crippen LogP contribution in [-0.4, -0.2) is 35.7 Å². The molecule has 0 saturated carbocycles. The van der Waals surface area contributed by atoms with Crippen LogP contribution in [0.2, 0.25) is 0 Å². The van der Waals surface area contributed by atoms with Gasteiger partial charge in [-0.1, -0.05) is 30.3 Å². The van der Waals surface area contributed by atoms with Crippen LogP contribution in [0.3, 0.4) is 0 Å². The molecular weight excluding hydrogens is 276 g/mol. The maximum atomic E-state index is 11.8. The smallest absolute Gasteiger partial charge is 0.407 e. The fourth-order valence-electron chi connectivity index (χ4n) is 2.85. The van der Waals surface area contributed by atoms with Gasteiger partial charge >= 0.3 is 6.09 Å². The minimum Gasteiger partial charge on any atom is -0.444 e. The number of carbonyl (C=O) groups is 1. The van der Waals surface area contributed by atoms with Gasteiger partial charge in [-0.05, 0) is 46.1 Å². The van der Waals surface area contributed by atoms with Crippen molar-refractivity contribution < 1.29 is 9.53 Å². The lowest BCUT2D eigenvalue weighted by Gasteiger charge is -2.36. The summed E-state index contributed by atoms with van der Waals surface area (Å²) in [5.74, 6) is 0. The van der Waals surface area contributed by atoms with Gasteiger partial charge in [-0.15, -0.1) is 0 Å². The molecule has 1 N–H and O–H groups in total. The molecule has 0 aromatic heterocycles. The number of nitrogens with one attached hydrogen (secondary N) is 1. The summed E-state index contributed by atoms with van der Waals surface area (Å²) >= 11 is 0. The van der Waals surface area contributed by atoms with Gasteiger partial charge in [0.15, 0.2) is 0 Å². The highest BCUT2D eigenvalue weighted by molar-refractivity contribution is 5.68. The van der Waals surface area contributed by atoms with E-state index in [0.717, 1.165) is 25.9 Å². The maximum Gasteiger partial charge on any atom is 0.407 e. The molecule has 2 rings (SSSR count). The Bertz CT molecular complexity index is 474. The van der Waals surface area contributed by atoms with Crippen molar-refractivity contribution in [1.29, 1.82) is 0 Å². The topological polar surface area (TPSA) is 41.6 Å². The first-order chi connectivity index (χ1) is 10.3. The number of nitrogens with zero attached hydrogens (tertiary/aromatic N) is 1. The molecule has 0 aliphatic carbocycles. The van der Waals surface area contributed by atoms with E-state index in [0.29, 0.717) is 6.04 Å². The summed E-state index contributed by atoms with van der Waals surface area (Å²) < 4.78 is 5.32. The quantitative estimate of drug-likeness (QED) is 0.925. The second-order valence-corrected chi connectivity index (χ2v) is 7.04. The Hall–Kier alpha value is -1.55. The predicted octanol–water partition coefficient (Wildman–Crippen LogP) is 3.74. The van der Waals surface area contributed by atoms with Crippen LogP contribution in [0, 0.1) is 0 Å². The lowest BCUT2D eigenvalue weighted by atomic mass is 10.0. The number of benzene rings is 1. The van der Waals surface area contributed by atoms with Crippen LogP contribution in [0.25, 0.3) is 0 Å². The van der Waals surface area contributed by atoms with Gasteiger partial charge in [0, 0.05) is 25.2 Å². The molecule has 1 aromatic carbocycles. The molecular formula is C18H28N2O2. The fourth-order valence-corrected chi connectivity index (χ4v) is 2.85. The van der Waals surface area contributed by atoms with Crippen molar-refractivity contribution in [3.63, 3.8) is 0 Å². The summed E-state index contributed by atoms with van der Waals surface area (Å²) in [7, 11) is 0. The van der Waals surface area contributed by atoms with E-state index in [2.05, 4.69) is 41.4 Å². The Balaban J connectivity index is 1.79. The molecule has 1 amide bonds. The second-order valence-electron chi connectivity index (χ2n) is 7.04. The van der Waals surface area contributed by atoms with Crippen molar-refractivity contribution in [3.05, 3.63) is 35.9 Å². The average molecular weight is 304 g/mol. The van der Waals surface area contributed by atoms with Crippen molar-refractivity contribution in [2.24, 2.45) is 0 Å². The Labute approximate surface area is 133 Å². The number of amides is 1. The molecule has 4 nitrogen and oxygen atoms in total. The predicted molar refractivity (Wildman–Crippen MR) is 88.8 cm³/mol. The Kier molecular flexibility index (Phi) is 5.46. The number of alkyl carbamates (subject to hydrolysis) is 1. The number of hydrogen-bond donors (Lipinski definition) is 1. The number of likely N-dealkylation sites (tertiary alicyclic amines) is 1. The third-order valence-corrected chi connectivity index (χ3v) is 4.08. The third kappa shape index (κ3) is 5.02. The van der Waals surface area contributed by atoms with Gasteiger partial charge in [0.1, 0.15) is 5.60 Å². The normalized spacial score (nSPS) is 18.7. The molecule has 1 aromatic rings. The largest absolute Gasteiger partial charge is 0.444 e. The Morgan fingerprint density at radius 1 is 1.23 bits per heavy atom. The minimum absolute atomic E-state index is 0.217. The van der Waals surface area contributed by atoms with Crippen LogP contribution in [0.15, 0.2) is 30.3 Å². The highest BCUT2D eigenvalue weighted by atomic mass is 16.6. The molecule has 1 atom stereocenters. The molecule has 1 aliphatic heterocycles. The zero-order valence-electron chi connectivity index (χ0n) is 14.1. The van der Waals surface area contributed by atoms with E-state index in [-0.39, 0.29) is 12.1 Å². The molecule has 1 heterocycles. The molecule has 122 valence electrons. The van der Waals surface area contributed by atoms with Gasteiger partial charge in [0.05, 0.1) is 0 Å². The van der Waals surface area contributed by atoms with Crippen molar-refractivity contribution >= 4 is 6.09 Å². The fraction of sp³-hybridized carbons (Fsp3) is 0.611. The highest BCUT2D eigenvalue weighted by Gasteiger charge is 2.26. The van der Waals surface area contributed by atoms with Crippen LogP contribution in [-0.2, 0) is 4.74 Å². The molecule has 1 fully saturated rings. The van der Waals surface area contributed by atoms with E-state index in [4.69, 9.17) is 4.74 Å². The number of ether oxygens (including phenoxy) is 1. The lowest BCUT2D eigenvalue weighted by molar-refractivity contribution is 0.0470. The summed E-state index contributed by atoms with van der Waals surface area (Å²) in [5.41, 5.74) is 0.910. The van der Waals surface area contributed by atoms with Gasteiger partial charge < -0.3 is 10.1 Å². The molecule has 0 radical (unpaired) electrons. The van der Waals surface area contributed by atoms with Crippen LogP contribution in [0.1, 0.15) is 52.1 Å². The highest BCUT2D eigenvalue weighted by Crippen LogP contribution is 2.24. The van der Waals surface area contributed by atoms with E-state index in [1.807, 2.05) is 26.8 Å². The van der Waals surface area contributed by atoms with E-state index < -0.39 is 5.60 Å².